The molecule has 0 bridgehead atoms. The van der Waals surface area contributed by atoms with E-state index in [4.69, 9.17) is 16.1 Å². The Kier molecular flexibility index (Phi) is 4.77. The van der Waals surface area contributed by atoms with E-state index in [0.29, 0.717) is 10.7 Å². The van der Waals surface area contributed by atoms with Crippen LogP contribution in [0.25, 0.3) is 6.08 Å². The molecule has 0 saturated carbocycles. The van der Waals surface area contributed by atoms with Gasteiger partial charge in [0.1, 0.15) is 5.69 Å². The van der Waals surface area contributed by atoms with Crippen LogP contribution in [0.5, 0.6) is 0 Å². The largest absolute Gasteiger partial charge is 0.383 e. The number of benzene rings is 1. The second kappa shape index (κ2) is 6.41. The minimum atomic E-state index is -3.83. The number of anilines is 1. The summed E-state index contributed by atoms with van der Waals surface area (Å²) in [6, 6.07) is 6.46. The lowest BCUT2D eigenvalue weighted by Crippen LogP contribution is -2.14. The van der Waals surface area contributed by atoms with Gasteiger partial charge in [-0.3, -0.25) is 4.72 Å². The number of hydrogen-bond acceptors (Lipinski definition) is 5. The summed E-state index contributed by atoms with van der Waals surface area (Å²) in [5.41, 5.74) is 0.656. The molecule has 2 aromatic rings. The molecule has 6 nitrogen and oxygen atoms in total. The Balaban J connectivity index is 2.39. The van der Waals surface area contributed by atoms with Crippen molar-refractivity contribution in [2.75, 3.05) is 18.8 Å². The molecule has 0 radical (unpaired) electrons. The van der Waals surface area contributed by atoms with Crippen molar-refractivity contribution in [2.24, 2.45) is 0 Å². The van der Waals surface area contributed by atoms with Crippen LogP contribution in [0.15, 0.2) is 39.9 Å². The Bertz CT molecular complexity index is 797. The van der Waals surface area contributed by atoms with E-state index in [1.807, 2.05) is 14.1 Å². The second-order valence-corrected chi connectivity index (χ2v) is 6.91. The van der Waals surface area contributed by atoms with Gasteiger partial charge >= 0.3 is 0 Å². The zero-order valence-corrected chi connectivity index (χ0v) is 13.9. The molecule has 0 fully saturated rings. The minimum absolute atomic E-state index is 0.00516. The van der Waals surface area contributed by atoms with Crippen LogP contribution in [0.3, 0.4) is 0 Å². The van der Waals surface area contributed by atoms with Gasteiger partial charge in [-0.1, -0.05) is 22.8 Å². The highest BCUT2D eigenvalue weighted by atomic mass is 35.5. The Morgan fingerprint density at radius 1 is 1.36 bits per heavy atom. The molecule has 0 unspecified atom stereocenters. The van der Waals surface area contributed by atoms with Crippen LogP contribution in [0.4, 0.5) is 5.69 Å². The van der Waals surface area contributed by atoms with Crippen LogP contribution in [-0.4, -0.2) is 32.6 Å². The molecule has 0 aliphatic heterocycles. The van der Waals surface area contributed by atoms with Gasteiger partial charge in [0.05, 0.1) is 5.69 Å². The third-order valence-electron chi connectivity index (χ3n) is 2.70. The monoisotopic (exact) mass is 341 g/mol. The fourth-order valence-electron chi connectivity index (χ4n) is 1.79. The Morgan fingerprint density at radius 2 is 2.09 bits per heavy atom. The molecule has 0 amide bonds. The van der Waals surface area contributed by atoms with Crippen molar-refractivity contribution in [3.8, 4) is 0 Å². The van der Waals surface area contributed by atoms with Crippen LogP contribution in [-0.2, 0) is 10.0 Å². The highest BCUT2D eigenvalue weighted by Gasteiger charge is 2.25. The molecule has 1 N–H and O–H groups in total. The number of rotatable bonds is 5. The second-order valence-electron chi connectivity index (χ2n) is 4.86. The Hall–Kier alpha value is -1.99. The van der Waals surface area contributed by atoms with Gasteiger partial charge in [-0.2, -0.15) is 0 Å². The lowest BCUT2D eigenvalue weighted by molar-refractivity contribution is 0.405. The van der Waals surface area contributed by atoms with Crippen molar-refractivity contribution in [1.29, 1.82) is 0 Å². The van der Waals surface area contributed by atoms with E-state index >= 15 is 0 Å². The third-order valence-corrected chi connectivity index (χ3v) is 4.48. The molecule has 2 rings (SSSR count). The summed E-state index contributed by atoms with van der Waals surface area (Å²) in [6.07, 6.45) is 3.23. The number of aromatic nitrogens is 1. The molecule has 0 saturated heterocycles. The predicted octanol–water partition coefficient (Wildman–Crippen LogP) is 2.97. The quantitative estimate of drug-likeness (QED) is 0.904. The fourth-order valence-corrected chi connectivity index (χ4v) is 3.31. The predicted molar refractivity (Wildman–Crippen MR) is 86.2 cm³/mol. The molecular formula is C14H16ClN3O3S. The molecule has 22 heavy (non-hydrogen) atoms. The van der Waals surface area contributed by atoms with E-state index in [1.165, 1.54) is 6.07 Å². The number of nitrogens with zero attached hydrogens (tertiary/aromatic N) is 2. The highest BCUT2D eigenvalue weighted by molar-refractivity contribution is 7.92. The molecule has 1 aromatic heterocycles. The van der Waals surface area contributed by atoms with E-state index in [-0.39, 0.29) is 16.3 Å². The van der Waals surface area contributed by atoms with Crippen LogP contribution < -0.4 is 4.72 Å². The average Bonchev–Trinajstić information content (AvgIpc) is 2.78. The zero-order valence-electron chi connectivity index (χ0n) is 12.4. The van der Waals surface area contributed by atoms with E-state index in [1.54, 1.807) is 42.3 Å². The number of sulfonamides is 1. The van der Waals surface area contributed by atoms with Crippen molar-refractivity contribution in [1.82, 2.24) is 10.1 Å². The number of halogens is 1. The van der Waals surface area contributed by atoms with Gasteiger partial charge in [-0.15, -0.1) is 0 Å². The Morgan fingerprint density at radius 3 is 2.73 bits per heavy atom. The van der Waals surface area contributed by atoms with Crippen LogP contribution in [0, 0.1) is 6.92 Å². The van der Waals surface area contributed by atoms with Crippen molar-refractivity contribution < 1.29 is 12.9 Å². The zero-order chi connectivity index (χ0) is 16.3. The summed E-state index contributed by atoms with van der Waals surface area (Å²) in [4.78, 5) is 1.77. The summed E-state index contributed by atoms with van der Waals surface area (Å²) < 4.78 is 32.7. The van der Waals surface area contributed by atoms with Gasteiger partial charge < -0.3 is 9.42 Å². The van der Waals surface area contributed by atoms with Gasteiger partial charge in [-0.25, -0.2) is 8.42 Å². The van der Waals surface area contributed by atoms with Crippen LogP contribution in [0.1, 0.15) is 11.5 Å². The molecule has 0 spiro atoms. The van der Waals surface area contributed by atoms with Gasteiger partial charge in [0.2, 0.25) is 0 Å². The molecular weight excluding hydrogens is 326 g/mol. The third kappa shape index (κ3) is 3.80. The maximum absolute atomic E-state index is 12.6. The van der Waals surface area contributed by atoms with Gasteiger partial charge in [0.15, 0.2) is 10.7 Å². The average molecular weight is 342 g/mol. The number of nitrogens with one attached hydrogen (secondary N) is 1. The van der Waals surface area contributed by atoms with Gasteiger partial charge in [0, 0.05) is 31.4 Å². The maximum atomic E-state index is 12.6. The van der Waals surface area contributed by atoms with Crippen molar-refractivity contribution in [3.05, 3.63) is 46.9 Å². The summed E-state index contributed by atoms with van der Waals surface area (Å²) in [6.45, 7) is 1.57. The normalized spacial score (nSPS) is 11.8. The summed E-state index contributed by atoms with van der Waals surface area (Å²) in [7, 11) is -0.195. The highest BCUT2D eigenvalue weighted by Crippen LogP contribution is 2.25. The van der Waals surface area contributed by atoms with Crippen LogP contribution >= 0.6 is 11.6 Å². The van der Waals surface area contributed by atoms with Crippen molar-refractivity contribution >= 4 is 33.4 Å². The van der Waals surface area contributed by atoms with E-state index in [0.717, 1.165) is 0 Å². The molecule has 118 valence electrons. The van der Waals surface area contributed by atoms with E-state index < -0.39 is 10.0 Å². The SMILES string of the molecule is Cc1noc(/C=C/N(C)C)c1S(=O)(=O)Nc1cccc(Cl)c1. The summed E-state index contributed by atoms with van der Waals surface area (Å²) in [5, 5.41) is 4.17. The fraction of sp³-hybridized carbons (Fsp3) is 0.214. The smallest absolute Gasteiger partial charge is 0.267 e. The first kappa shape index (κ1) is 16.4. The summed E-state index contributed by atoms with van der Waals surface area (Å²) in [5.74, 6) is 0.167. The first-order valence-corrected chi connectivity index (χ1v) is 8.25. The molecule has 0 atom stereocenters. The molecule has 1 aromatic carbocycles. The lowest BCUT2D eigenvalue weighted by Gasteiger charge is -2.08. The van der Waals surface area contributed by atoms with E-state index in [2.05, 4.69) is 9.88 Å². The maximum Gasteiger partial charge on any atom is 0.267 e. The topological polar surface area (TPSA) is 75.4 Å². The first-order valence-electron chi connectivity index (χ1n) is 6.39. The first-order chi connectivity index (χ1) is 10.3. The van der Waals surface area contributed by atoms with Crippen LogP contribution in [0.2, 0.25) is 5.02 Å². The molecule has 8 heteroatoms. The Labute approximate surface area is 134 Å². The van der Waals surface area contributed by atoms with Crippen molar-refractivity contribution in [3.63, 3.8) is 0 Å². The van der Waals surface area contributed by atoms with Crippen molar-refractivity contribution in [2.45, 2.75) is 11.8 Å². The van der Waals surface area contributed by atoms with Gasteiger partial charge in [-0.05, 0) is 25.1 Å². The molecule has 0 aliphatic rings. The number of hydrogen-bond donors (Lipinski definition) is 1. The lowest BCUT2D eigenvalue weighted by atomic mass is 10.3. The number of aryl methyl sites for hydroxylation is 1. The molecule has 0 aliphatic carbocycles. The van der Waals surface area contributed by atoms with E-state index in [9.17, 15) is 8.42 Å². The molecule has 1 heterocycles. The summed E-state index contributed by atoms with van der Waals surface area (Å²) >= 11 is 5.86. The standard InChI is InChI=1S/C14H16ClN3O3S/c1-10-14(13(21-16-10)7-8-18(2)3)22(19,20)17-12-6-4-5-11(15)9-12/h4-9,17H,1-3H3/b8-7+. The minimum Gasteiger partial charge on any atom is -0.383 e. The van der Waals surface area contributed by atoms with Gasteiger partial charge in [0.25, 0.3) is 10.0 Å².